The van der Waals surface area contributed by atoms with Crippen molar-refractivity contribution in [2.75, 3.05) is 0 Å². The molecular weight excluding hydrogens is 360 g/mol. The number of hydrogen-bond acceptors (Lipinski definition) is 3. The number of rotatable bonds is 2. The Bertz CT molecular complexity index is 925. The van der Waals surface area contributed by atoms with Crippen LogP contribution < -0.4 is 5.43 Å². The molecule has 6 heteroatoms. The van der Waals surface area contributed by atoms with Gasteiger partial charge in [0, 0.05) is 11.9 Å². The predicted molar refractivity (Wildman–Crippen MR) is 87.7 cm³/mol. The molecule has 1 heterocycles. The number of pyridine rings is 1. The molecule has 1 N–H and O–H groups in total. The molecule has 0 spiro atoms. The van der Waals surface area contributed by atoms with E-state index in [4.69, 9.17) is 5.26 Å². The van der Waals surface area contributed by atoms with Crippen LogP contribution in [0.4, 0.5) is 0 Å². The normalized spacial score (nSPS) is 16.0. The lowest BCUT2D eigenvalue weighted by Crippen LogP contribution is -2.23. The maximum atomic E-state index is 12.1. The summed E-state index contributed by atoms with van der Waals surface area (Å²) < 4.78 is 2.12. The van der Waals surface area contributed by atoms with Gasteiger partial charge in [-0.25, -0.2) is 4.79 Å². The van der Waals surface area contributed by atoms with Gasteiger partial charge >= 0.3 is 5.97 Å². The van der Waals surface area contributed by atoms with Gasteiger partial charge in [0.2, 0.25) is 5.43 Å². The van der Waals surface area contributed by atoms with Gasteiger partial charge in [-0.2, -0.15) is 5.26 Å². The van der Waals surface area contributed by atoms with E-state index in [-0.39, 0.29) is 16.1 Å². The third-order valence-electron chi connectivity index (χ3n) is 4.30. The van der Waals surface area contributed by atoms with Crippen molar-refractivity contribution in [1.29, 1.82) is 5.26 Å². The number of carboxylic acids is 1. The first kappa shape index (κ1) is 15.5. The standard InChI is InChI=1S/C17H13BrN2O3/c1-9-15(18)16(21)13(17(22)23)8-20(9)14-5-3-11-6-10(7-19)2-4-12(11)14/h2,4,6,8,14H,3,5H2,1H3,(H,22,23). The van der Waals surface area contributed by atoms with Crippen molar-refractivity contribution >= 4 is 21.9 Å². The van der Waals surface area contributed by atoms with E-state index in [2.05, 4.69) is 22.0 Å². The van der Waals surface area contributed by atoms with Gasteiger partial charge in [0.1, 0.15) is 5.56 Å². The minimum atomic E-state index is -1.23. The number of nitrogens with zero attached hydrogens (tertiary/aromatic N) is 2. The van der Waals surface area contributed by atoms with E-state index >= 15 is 0 Å². The number of carbonyl (C=O) groups is 1. The Hall–Kier alpha value is -2.39. The van der Waals surface area contributed by atoms with Crippen molar-refractivity contribution in [3.63, 3.8) is 0 Å². The number of halogens is 1. The average molecular weight is 373 g/mol. The quantitative estimate of drug-likeness (QED) is 0.877. The SMILES string of the molecule is Cc1c(Br)c(=O)c(C(=O)O)cn1C1CCc2cc(C#N)ccc21. The van der Waals surface area contributed by atoms with E-state index in [0.29, 0.717) is 11.3 Å². The summed E-state index contributed by atoms with van der Waals surface area (Å²) in [6.07, 6.45) is 3.04. The molecule has 0 saturated carbocycles. The maximum absolute atomic E-state index is 12.1. The number of carboxylic acid groups (broad SMARTS) is 1. The molecule has 1 aromatic heterocycles. The van der Waals surface area contributed by atoms with E-state index in [1.54, 1.807) is 13.0 Å². The lowest BCUT2D eigenvalue weighted by Gasteiger charge is -2.21. The largest absolute Gasteiger partial charge is 0.477 e. The van der Waals surface area contributed by atoms with E-state index < -0.39 is 11.4 Å². The Labute approximate surface area is 140 Å². The second kappa shape index (κ2) is 5.67. The Balaban J connectivity index is 2.18. The summed E-state index contributed by atoms with van der Waals surface area (Å²) in [5, 5.41) is 18.2. The summed E-state index contributed by atoms with van der Waals surface area (Å²) in [5.74, 6) is -1.23. The van der Waals surface area contributed by atoms with Crippen LogP contribution in [0.25, 0.3) is 0 Å². The highest BCUT2D eigenvalue weighted by Gasteiger charge is 2.27. The van der Waals surface area contributed by atoms with Crippen molar-refractivity contribution in [2.24, 2.45) is 0 Å². The Morgan fingerprint density at radius 2 is 2.22 bits per heavy atom. The zero-order valence-corrected chi connectivity index (χ0v) is 13.9. The van der Waals surface area contributed by atoms with Crippen LogP contribution in [0.15, 0.2) is 33.7 Å². The second-order valence-corrected chi connectivity index (χ2v) is 6.36. The summed E-state index contributed by atoms with van der Waals surface area (Å²) in [5.41, 5.74) is 2.73. The summed E-state index contributed by atoms with van der Waals surface area (Å²) in [6.45, 7) is 1.79. The van der Waals surface area contributed by atoms with Crippen LogP contribution in [0.2, 0.25) is 0 Å². The minimum Gasteiger partial charge on any atom is -0.477 e. The molecule has 0 fully saturated rings. The summed E-state index contributed by atoms with van der Waals surface area (Å²) in [4.78, 5) is 23.4. The highest BCUT2D eigenvalue weighted by molar-refractivity contribution is 9.10. The molecule has 1 aromatic carbocycles. The molecule has 1 unspecified atom stereocenters. The first-order valence-corrected chi connectivity index (χ1v) is 7.90. The van der Waals surface area contributed by atoms with Crippen molar-refractivity contribution in [1.82, 2.24) is 4.57 Å². The van der Waals surface area contributed by atoms with Crippen LogP contribution in [0.1, 0.15) is 45.2 Å². The first-order valence-electron chi connectivity index (χ1n) is 7.11. The van der Waals surface area contributed by atoms with Crippen LogP contribution in [-0.4, -0.2) is 15.6 Å². The number of fused-ring (bicyclic) bond motifs is 1. The first-order chi connectivity index (χ1) is 10.9. The number of hydrogen-bond donors (Lipinski definition) is 1. The molecule has 1 atom stereocenters. The van der Waals surface area contributed by atoms with E-state index in [9.17, 15) is 14.7 Å². The monoisotopic (exact) mass is 372 g/mol. The van der Waals surface area contributed by atoms with Gasteiger partial charge in [0.05, 0.1) is 22.1 Å². The summed E-state index contributed by atoms with van der Waals surface area (Å²) in [7, 11) is 0. The van der Waals surface area contributed by atoms with Gasteiger partial charge in [0.15, 0.2) is 0 Å². The molecule has 5 nitrogen and oxygen atoms in total. The van der Waals surface area contributed by atoms with Gasteiger partial charge in [-0.1, -0.05) is 6.07 Å². The molecule has 1 aliphatic rings. The molecule has 0 aliphatic heterocycles. The van der Waals surface area contributed by atoms with Crippen molar-refractivity contribution in [3.8, 4) is 6.07 Å². The van der Waals surface area contributed by atoms with Crippen LogP contribution in [0.5, 0.6) is 0 Å². The molecule has 0 bridgehead atoms. The fourth-order valence-electron chi connectivity index (χ4n) is 3.12. The third-order valence-corrected chi connectivity index (χ3v) is 5.24. The fraction of sp³-hybridized carbons (Fsp3) is 0.235. The zero-order valence-electron chi connectivity index (χ0n) is 12.3. The molecule has 3 rings (SSSR count). The van der Waals surface area contributed by atoms with E-state index in [1.807, 2.05) is 16.7 Å². The van der Waals surface area contributed by atoms with Gasteiger partial charge in [-0.05, 0) is 59.0 Å². The van der Waals surface area contributed by atoms with Crippen LogP contribution in [-0.2, 0) is 6.42 Å². The van der Waals surface area contributed by atoms with Crippen molar-refractivity contribution in [2.45, 2.75) is 25.8 Å². The molecule has 23 heavy (non-hydrogen) atoms. The van der Waals surface area contributed by atoms with Crippen LogP contribution >= 0.6 is 15.9 Å². The number of aryl methyl sites for hydroxylation is 1. The van der Waals surface area contributed by atoms with E-state index in [0.717, 1.165) is 24.0 Å². The van der Waals surface area contributed by atoms with Crippen LogP contribution in [0.3, 0.4) is 0 Å². The molecule has 0 radical (unpaired) electrons. The van der Waals surface area contributed by atoms with Crippen LogP contribution in [0, 0.1) is 18.3 Å². The van der Waals surface area contributed by atoms with Gasteiger partial charge in [0.25, 0.3) is 0 Å². The average Bonchev–Trinajstić information content (AvgIpc) is 2.95. The highest BCUT2D eigenvalue weighted by atomic mass is 79.9. The topological polar surface area (TPSA) is 83.1 Å². The molecule has 1 aliphatic carbocycles. The number of aromatic nitrogens is 1. The molecule has 0 saturated heterocycles. The van der Waals surface area contributed by atoms with Crippen molar-refractivity contribution in [3.05, 3.63) is 67.0 Å². The predicted octanol–water partition coefficient (Wildman–Crippen LogP) is 3.02. The molecule has 116 valence electrons. The molecular formula is C17H13BrN2O3. The summed E-state index contributed by atoms with van der Waals surface area (Å²) >= 11 is 3.22. The Kier molecular flexibility index (Phi) is 3.82. The molecule has 2 aromatic rings. The Morgan fingerprint density at radius 1 is 1.48 bits per heavy atom. The molecule has 0 amide bonds. The maximum Gasteiger partial charge on any atom is 0.341 e. The Morgan fingerprint density at radius 3 is 2.87 bits per heavy atom. The fourth-order valence-corrected chi connectivity index (χ4v) is 3.54. The van der Waals surface area contributed by atoms with Gasteiger partial charge < -0.3 is 9.67 Å². The second-order valence-electron chi connectivity index (χ2n) is 5.56. The summed E-state index contributed by atoms with van der Waals surface area (Å²) in [6, 6.07) is 7.65. The van der Waals surface area contributed by atoms with Crippen molar-refractivity contribution < 1.29 is 9.90 Å². The third kappa shape index (κ3) is 2.47. The van der Waals surface area contributed by atoms with Gasteiger partial charge in [-0.3, -0.25) is 4.79 Å². The number of benzene rings is 1. The van der Waals surface area contributed by atoms with Gasteiger partial charge in [-0.15, -0.1) is 0 Å². The zero-order chi connectivity index (χ0) is 16.7. The number of aromatic carboxylic acids is 1. The highest BCUT2D eigenvalue weighted by Crippen LogP contribution is 2.36. The lowest BCUT2D eigenvalue weighted by atomic mass is 10.0. The smallest absolute Gasteiger partial charge is 0.341 e. The minimum absolute atomic E-state index is 0.0345. The van der Waals surface area contributed by atoms with E-state index in [1.165, 1.54) is 6.20 Å². The number of nitriles is 1. The lowest BCUT2D eigenvalue weighted by molar-refractivity contribution is 0.0694.